The normalized spacial score (nSPS) is 14.6. The van der Waals surface area contributed by atoms with Crippen LogP contribution in [-0.2, 0) is 0 Å². The third-order valence-electron chi connectivity index (χ3n) is 5.46. The lowest BCUT2D eigenvalue weighted by atomic mass is 10.0. The zero-order valence-corrected chi connectivity index (χ0v) is 17.8. The maximum Gasteiger partial charge on any atom is 0.253 e. The van der Waals surface area contributed by atoms with Crippen LogP contribution in [-0.4, -0.2) is 49.1 Å². The number of nitrogens with one attached hydrogen (secondary N) is 1. The van der Waals surface area contributed by atoms with E-state index in [0.717, 1.165) is 29.4 Å². The van der Waals surface area contributed by atoms with E-state index in [9.17, 15) is 4.79 Å². The number of anilines is 1. The monoisotopic (exact) mass is 425 g/mol. The molecule has 6 nitrogen and oxygen atoms in total. The van der Waals surface area contributed by atoms with Gasteiger partial charge in [0.25, 0.3) is 5.91 Å². The van der Waals surface area contributed by atoms with Gasteiger partial charge in [-0.2, -0.15) is 0 Å². The largest absolute Gasteiger partial charge is 0.493 e. The predicted octanol–water partition coefficient (Wildman–Crippen LogP) is 4.62. The second-order valence-corrected chi connectivity index (χ2v) is 7.66. The van der Waals surface area contributed by atoms with E-state index in [0.29, 0.717) is 35.3 Å². The summed E-state index contributed by atoms with van der Waals surface area (Å²) < 4.78 is 10.6. The number of methoxy groups -OCH3 is 2. The lowest BCUT2D eigenvalue weighted by Crippen LogP contribution is -2.42. The molecular weight excluding hydrogens is 402 g/mol. The van der Waals surface area contributed by atoms with Crippen LogP contribution < -0.4 is 14.8 Å². The van der Waals surface area contributed by atoms with Crippen LogP contribution in [0.1, 0.15) is 23.2 Å². The lowest BCUT2D eigenvalue weighted by Gasteiger charge is -2.33. The lowest BCUT2D eigenvalue weighted by molar-refractivity contribution is 0.0718. The van der Waals surface area contributed by atoms with Crippen molar-refractivity contribution in [3.05, 3.63) is 59.2 Å². The highest BCUT2D eigenvalue weighted by atomic mass is 35.5. The summed E-state index contributed by atoms with van der Waals surface area (Å²) in [6.07, 6.45) is 1.68. The first kappa shape index (κ1) is 20.3. The fourth-order valence-electron chi connectivity index (χ4n) is 3.82. The Labute approximate surface area is 180 Å². The molecule has 0 unspecified atom stereocenters. The summed E-state index contributed by atoms with van der Waals surface area (Å²) >= 11 is 6.34. The Bertz CT molecular complexity index is 1060. The number of benzene rings is 2. The predicted molar refractivity (Wildman–Crippen MR) is 119 cm³/mol. The van der Waals surface area contributed by atoms with Gasteiger partial charge in [0.15, 0.2) is 11.5 Å². The number of fused-ring (bicyclic) bond motifs is 1. The number of hydrogen-bond donors (Lipinski definition) is 1. The van der Waals surface area contributed by atoms with Crippen LogP contribution in [0.2, 0.25) is 5.15 Å². The number of rotatable bonds is 5. The van der Waals surface area contributed by atoms with Crippen molar-refractivity contribution in [3.8, 4) is 11.5 Å². The Kier molecular flexibility index (Phi) is 5.95. The molecule has 1 aliphatic rings. The van der Waals surface area contributed by atoms with E-state index in [1.54, 1.807) is 32.4 Å². The molecule has 1 aliphatic heterocycles. The minimum atomic E-state index is 0.00118. The number of halogens is 1. The van der Waals surface area contributed by atoms with E-state index in [2.05, 4.69) is 10.3 Å². The van der Waals surface area contributed by atoms with E-state index in [4.69, 9.17) is 21.1 Å². The molecule has 0 saturated carbocycles. The molecule has 0 radical (unpaired) electrons. The maximum atomic E-state index is 12.9. The zero-order chi connectivity index (χ0) is 21.1. The summed E-state index contributed by atoms with van der Waals surface area (Å²) in [6.45, 7) is 1.35. The number of carbonyl (C=O) groups is 1. The standard InChI is InChI=1S/C23H24ClN3O3/c1-29-19-8-7-16(13-20(19)30-2)23(28)27-11-9-17(10-12-27)25-21-14-15-5-3-4-6-18(15)22(24)26-21/h3-8,13-14,17H,9-12H2,1-2H3,(H,25,26). The van der Waals surface area contributed by atoms with Crippen molar-refractivity contribution < 1.29 is 14.3 Å². The molecule has 1 saturated heterocycles. The number of aromatic nitrogens is 1. The number of nitrogens with zero attached hydrogens (tertiary/aromatic N) is 2. The van der Waals surface area contributed by atoms with Crippen molar-refractivity contribution in [2.45, 2.75) is 18.9 Å². The Balaban J connectivity index is 1.40. The first-order chi connectivity index (χ1) is 14.6. The van der Waals surface area contributed by atoms with Crippen LogP contribution in [0.4, 0.5) is 5.82 Å². The second kappa shape index (κ2) is 8.79. The van der Waals surface area contributed by atoms with Gasteiger partial charge in [-0.1, -0.05) is 35.9 Å². The number of carbonyl (C=O) groups excluding carboxylic acids is 1. The summed E-state index contributed by atoms with van der Waals surface area (Å²) in [7, 11) is 3.14. The molecule has 0 atom stereocenters. The fourth-order valence-corrected chi connectivity index (χ4v) is 4.08. The fraction of sp³-hybridized carbons (Fsp3) is 0.304. The van der Waals surface area contributed by atoms with Gasteiger partial charge in [-0.15, -0.1) is 0 Å². The van der Waals surface area contributed by atoms with Crippen molar-refractivity contribution in [2.75, 3.05) is 32.6 Å². The number of likely N-dealkylation sites (tertiary alicyclic amines) is 1. The van der Waals surface area contributed by atoms with Crippen molar-refractivity contribution in [1.29, 1.82) is 0 Å². The Morgan fingerprint density at radius 2 is 1.80 bits per heavy atom. The number of amides is 1. The summed E-state index contributed by atoms with van der Waals surface area (Å²) in [6, 6.07) is 15.4. The second-order valence-electron chi connectivity index (χ2n) is 7.30. The molecule has 2 heterocycles. The number of hydrogen-bond acceptors (Lipinski definition) is 5. The van der Waals surface area contributed by atoms with Gasteiger partial charge in [0.1, 0.15) is 11.0 Å². The van der Waals surface area contributed by atoms with Crippen LogP contribution >= 0.6 is 11.6 Å². The number of pyridine rings is 1. The first-order valence-electron chi connectivity index (χ1n) is 9.92. The molecule has 156 valence electrons. The topological polar surface area (TPSA) is 63.7 Å². The molecular formula is C23H24ClN3O3. The highest BCUT2D eigenvalue weighted by Crippen LogP contribution is 2.29. The first-order valence-corrected chi connectivity index (χ1v) is 10.3. The smallest absolute Gasteiger partial charge is 0.253 e. The van der Waals surface area contributed by atoms with Crippen LogP contribution in [0.3, 0.4) is 0 Å². The van der Waals surface area contributed by atoms with Gasteiger partial charge in [-0.25, -0.2) is 4.98 Å². The molecule has 4 rings (SSSR count). The summed E-state index contributed by atoms with van der Waals surface area (Å²) in [4.78, 5) is 19.3. The third kappa shape index (κ3) is 4.14. The molecule has 1 N–H and O–H groups in total. The number of piperidine rings is 1. The molecule has 1 amide bonds. The number of ether oxygens (including phenoxy) is 2. The molecule has 1 aromatic heterocycles. The molecule has 3 aromatic rings. The summed E-state index contributed by atoms with van der Waals surface area (Å²) in [5.74, 6) is 1.93. The van der Waals surface area contributed by atoms with Gasteiger partial charge in [0.2, 0.25) is 0 Å². The van der Waals surface area contributed by atoms with Crippen LogP contribution in [0.15, 0.2) is 48.5 Å². The van der Waals surface area contributed by atoms with Crippen LogP contribution in [0.5, 0.6) is 11.5 Å². The minimum Gasteiger partial charge on any atom is -0.493 e. The third-order valence-corrected chi connectivity index (χ3v) is 5.75. The maximum absolute atomic E-state index is 12.9. The average Bonchev–Trinajstić information content (AvgIpc) is 2.78. The highest BCUT2D eigenvalue weighted by Gasteiger charge is 2.24. The molecule has 1 fully saturated rings. The summed E-state index contributed by atoms with van der Waals surface area (Å²) in [5, 5.41) is 5.97. The van der Waals surface area contributed by atoms with Gasteiger partial charge in [-0.05, 0) is 42.5 Å². The van der Waals surface area contributed by atoms with Gasteiger partial charge < -0.3 is 19.7 Å². The molecule has 2 aromatic carbocycles. The quantitative estimate of drug-likeness (QED) is 0.604. The van der Waals surface area contributed by atoms with Crippen molar-refractivity contribution >= 4 is 34.1 Å². The summed E-state index contributed by atoms with van der Waals surface area (Å²) in [5.41, 5.74) is 0.599. The van der Waals surface area contributed by atoms with Gasteiger partial charge in [-0.3, -0.25) is 4.79 Å². The van der Waals surface area contributed by atoms with E-state index in [1.165, 1.54) is 0 Å². The van der Waals surface area contributed by atoms with E-state index in [-0.39, 0.29) is 11.9 Å². The molecule has 0 aliphatic carbocycles. The van der Waals surface area contributed by atoms with Gasteiger partial charge in [0.05, 0.1) is 14.2 Å². The Morgan fingerprint density at radius 3 is 2.53 bits per heavy atom. The SMILES string of the molecule is COc1ccc(C(=O)N2CCC(Nc3cc4ccccc4c(Cl)n3)CC2)cc1OC. The van der Waals surface area contributed by atoms with E-state index < -0.39 is 0 Å². The van der Waals surface area contributed by atoms with E-state index in [1.807, 2.05) is 35.2 Å². The Hall–Kier alpha value is -2.99. The van der Waals surface area contributed by atoms with Gasteiger partial charge in [0, 0.05) is 30.1 Å². The minimum absolute atomic E-state index is 0.00118. The van der Waals surface area contributed by atoms with Crippen molar-refractivity contribution in [1.82, 2.24) is 9.88 Å². The van der Waals surface area contributed by atoms with Gasteiger partial charge >= 0.3 is 0 Å². The molecule has 0 spiro atoms. The zero-order valence-electron chi connectivity index (χ0n) is 17.0. The van der Waals surface area contributed by atoms with E-state index >= 15 is 0 Å². The average molecular weight is 426 g/mol. The van der Waals surface area contributed by atoms with Crippen LogP contribution in [0, 0.1) is 0 Å². The van der Waals surface area contributed by atoms with Crippen molar-refractivity contribution in [2.24, 2.45) is 0 Å². The highest BCUT2D eigenvalue weighted by molar-refractivity contribution is 6.34. The molecule has 7 heteroatoms. The molecule has 30 heavy (non-hydrogen) atoms. The van der Waals surface area contributed by atoms with Crippen LogP contribution in [0.25, 0.3) is 10.8 Å². The Morgan fingerprint density at radius 1 is 1.07 bits per heavy atom. The molecule has 0 bridgehead atoms. The van der Waals surface area contributed by atoms with Crippen molar-refractivity contribution in [3.63, 3.8) is 0 Å².